The Hall–Kier alpha value is -6.05. The smallest absolute Gasteiger partial charge is 0.271 e. The molecule has 11 nitrogen and oxygen atoms in total. The molecule has 1 aliphatic heterocycles. The number of aryl methyl sites for hydroxylation is 4. The number of Topliss-reactive ketones (excluding diaryl/α,β-unsaturated/α-hetero) is 1. The first-order valence-electron chi connectivity index (χ1n) is 31.5. The van der Waals surface area contributed by atoms with Gasteiger partial charge in [-0.15, -0.1) is 11.3 Å². The first-order valence-corrected chi connectivity index (χ1v) is 32.8. The molecule has 5 aromatic rings. The van der Waals surface area contributed by atoms with E-state index < -0.39 is 24.1 Å². The first kappa shape index (κ1) is 79.0. The third-order valence-corrected chi connectivity index (χ3v) is 16.3. The number of thiocarbonyl (C=S) groups is 1. The van der Waals surface area contributed by atoms with Crippen LogP contribution in [0.2, 0.25) is 0 Å². The number of ketones is 1. The van der Waals surface area contributed by atoms with Gasteiger partial charge in [-0.1, -0.05) is 217 Å². The van der Waals surface area contributed by atoms with E-state index >= 15 is 0 Å². The number of nitrogens with zero attached hydrogens (tertiary/aromatic N) is 3. The molecule has 0 spiro atoms. The van der Waals surface area contributed by atoms with E-state index in [1.165, 1.54) is 58.5 Å². The van der Waals surface area contributed by atoms with E-state index in [0.717, 1.165) is 72.7 Å². The fourth-order valence-electron chi connectivity index (χ4n) is 9.39. The van der Waals surface area contributed by atoms with Gasteiger partial charge in [0.1, 0.15) is 24.5 Å². The molecule has 0 aliphatic carbocycles. The molecule has 1 saturated heterocycles. The Morgan fingerprint density at radius 3 is 1.90 bits per heavy atom. The minimum absolute atomic E-state index is 0.0358. The van der Waals surface area contributed by atoms with Crippen molar-refractivity contribution >= 4 is 52.4 Å². The number of nitrogens with one attached hydrogen (secondary N) is 2. The van der Waals surface area contributed by atoms with Gasteiger partial charge in [0, 0.05) is 43.3 Å². The monoisotopic (exact) mass is 1240 g/mol. The van der Waals surface area contributed by atoms with Crippen molar-refractivity contribution in [2.24, 2.45) is 17.3 Å². The Morgan fingerprint density at radius 2 is 1.39 bits per heavy atom. The lowest BCUT2D eigenvalue weighted by Crippen LogP contribution is -2.53. The number of likely N-dealkylation sites (tertiary alicyclic amines) is 1. The Kier molecular flexibility index (Phi) is 38.1. The first-order chi connectivity index (χ1) is 41.3. The second-order valence-corrected chi connectivity index (χ2v) is 24.2. The maximum atomic E-state index is 13.3. The second-order valence-electron chi connectivity index (χ2n) is 23.0. The summed E-state index contributed by atoms with van der Waals surface area (Å²) >= 11 is 6.37. The zero-order valence-electron chi connectivity index (χ0n) is 55.6. The number of aliphatic hydroxyl groups is 1. The molecule has 1 unspecified atom stereocenters. The van der Waals surface area contributed by atoms with Crippen LogP contribution in [0.3, 0.4) is 0 Å². The van der Waals surface area contributed by atoms with Crippen LogP contribution >= 0.6 is 23.6 Å². The number of nitriles is 1. The molecule has 2 heterocycles. The highest BCUT2D eigenvalue weighted by atomic mass is 32.1. The molecule has 87 heavy (non-hydrogen) atoms. The molecule has 6 rings (SSSR count). The molecule has 0 bridgehead atoms. The van der Waals surface area contributed by atoms with Crippen molar-refractivity contribution < 1.29 is 37.8 Å². The van der Waals surface area contributed by atoms with E-state index in [2.05, 4.69) is 126 Å². The number of hydrogen-bond donors (Lipinski definition) is 3. The molecular formula is C72H105F2N5O6S2. The minimum atomic E-state index is -2.95. The summed E-state index contributed by atoms with van der Waals surface area (Å²) in [5, 5.41) is 26.2. The summed E-state index contributed by atoms with van der Waals surface area (Å²) < 4.78 is 31.5. The highest BCUT2D eigenvalue weighted by Crippen LogP contribution is 2.34. The number of halogens is 2. The number of alkyl halides is 2. The second kappa shape index (κ2) is 42.0. The van der Waals surface area contributed by atoms with Crippen LogP contribution in [0.25, 0.3) is 21.6 Å². The van der Waals surface area contributed by atoms with Gasteiger partial charge in [-0.25, -0.2) is 13.8 Å². The summed E-state index contributed by atoms with van der Waals surface area (Å²) in [5.74, 6) is -3.06. The summed E-state index contributed by atoms with van der Waals surface area (Å²) in [6.07, 6.45) is 9.08. The Balaban J connectivity index is 0.000000636. The number of carbonyl (C=O) groups excluding carboxylic acids is 4. The summed E-state index contributed by atoms with van der Waals surface area (Å²) in [7, 11) is 0. The van der Waals surface area contributed by atoms with Crippen LogP contribution in [0.1, 0.15) is 200 Å². The number of thiazole rings is 1. The standard InChI is InChI=1S/C28H40N4O5S.C16H18.C13H24OS.C10H9F2N.C3H8.C2H6/c1-5-7-8-18(3)37-16-25(34)31-23(6-2)28(36)32-15-22(33)13-24(32)27(35)29-14-20-9-11-21(12-10-20)26-19(4)30-17-38-26;1-3-4-14-7-11-16(12-8-14)15-9-5-13(2)6-10-15;1-6-11(3)13(4,5)12(14)10(2)8-7-9-15;1-7-3-4-8(6-13)9(5-7)10(2,11)12;1-3-2;1-2/h9-12,17-18,22-24,33H,5-8,13-16H2,1-4H3,(H,29,35)(H,31,34);5-12H,3-4H2,1-2H3;9-11H,6-8H2,1-5H3;3-5H,1-2H3;3H2,1-2H3;1-2H3/t18-,22+,23-,24-;;10-,11?;;;/m0.1.../s1. The third kappa shape index (κ3) is 27.9. The average Bonchev–Trinajstić information content (AvgIpc) is 2.74. The summed E-state index contributed by atoms with van der Waals surface area (Å²) in [6, 6.07) is 30.1. The van der Waals surface area contributed by atoms with Gasteiger partial charge in [0.05, 0.1) is 39.9 Å². The number of β-amino-alcohol motifs (C(OH)–C–C–N with tert-alkyl or cyclic N) is 1. The van der Waals surface area contributed by atoms with Gasteiger partial charge in [0.15, 0.2) is 0 Å². The van der Waals surface area contributed by atoms with Gasteiger partial charge >= 0.3 is 0 Å². The van der Waals surface area contributed by atoms with Gasteiger partial charge in [-0.05, 0) is 111 Å². The number of unbranched alkanes of at least 4 members (excludes halogenated alkanes) is 1. The molecule has 1 aromatic heterocycles. The van der Waals surface area contributed by atoms with Crippen molar-refractivity contribution in [2.45, 2.75) is 225 Å². The molecule has 1 fully saturated rings. The lowest BCUT2D eigenvalue weighted by atomic mass is 9.71. The van der Waals surface area contributed by atoms with E-state index in [0.29, 0.717) is 24.7 Å². The largest absolute Gasteiger partial charge is 0.391 e. The van der Waals surface area contributed by atoms with Crippen molar-refractivity contribution in [1.29, 1.82) is 5.26 Å². The van der Waals surface area contributed by atoms with Gasteiger partial charge in [0.2, 0.25) is 17.7 Å². The highest BCUT2D eigenvalue weighted by molar-refractivity contribution is 7.78. The molecule has 6 atom stereocenters. The van der Waals surface area contributed by atoms with Crippen LogP contribution < -0.4 is 10.6 Å². The van der Waals surface area contributed by atoms with Crippen molar-refractivity contribution in [3.05, 3.63) is 136 Å². The fourth-order valence-corrected chi connectivity index (χ4v) is 10.3. The van der Waals surface area contributed by atoms with E-state index in [-0.39, 0.29) is 65.9 Å². The summed E-state index contributed by atoms with van der Waals surface area (Å²) in [6.45, 7) is 33.6. The van der Waals surface area contributed by atoms with E-state index in [1.54, 1.807) is 42.7 Å². The predicted octanol–water partition coefficient (Wildman–Crippen LogP) is 17.3. The van der Waals surface area contributed by atoms with E-state index in [1.807, 2.05) is 64.4 Å². The highest BCUT2D eigenvalue weighted by Gasteiger charge is 2.41. The SMILES string of the molecule is CC.CCC.CCC(C)C(C)(C)C(=O)[C@H](C)CCC=S.CCCC[C@H](C)OCC(=O)N[C@@H](CC)C(=O)N1C[C@H](O)C[C@H]1C(=O)NCc1ccc(-c2scnc2C)cc1.CCCc1ccc(-c2ccc(C)cc2)cc1.Cc1ccc(C#N)c(C(C)(F)F)c1. The molecule has 480 valence electrons. The van der Waals surface area contributed by atoms with Crippen molar-refractivity contribution in [3.63, 3.8) is 0 Å². The fraction of sp³-hybridized carbons (Fsp3) is 0.542. The average molecular weight is 1240 g/mol. The normalized spacial score (nSPS) is 14.7. The maximum Gasteiger partial charge on any atom is 0.271 e. The molecule has 0 saturated carbocycles. The lowest BCUT2D eigenvalue weighted by molar-refractivity contribution is -0.142. The Bertz CT molecular complexity index is 2830. The van der Waals surface area contributed by atoms with Crippen molar-refractivity contribution in [1.82, 2.24) is 20.5 Å². The molecule has 1 aliphatic rings. The summed E-state index contributed by atoms with van der Waals surface area (Å²) in [4.78, 5) is 57.8. The number of aromatic nitrogens is 1. The quantitative estimate of drug-likeness (QED) is 0.0511. The molecule has 15 heteroatoms. The lowest BCUT2D eigenvalue weighted by Gasteiger charge is -2.32. The number of ether oxygens (including phenoxy) is 1. The van der Waals surface area contributed by atoms with E-state index in [4.69, 9.17) is 22.2 Å². The van der Waals surface area contributed by atoms with Crippen LogP contribution in [0.4, 0.5) is 8.78 Å². The van der Waals surface area contributed by atoms with E-state index in [9.17, 15) is 33.1 Å². The van der Waals surface area contributed by atoms with Crippen molar-refractivity contribution in [3.8, 4) is 27.6 Å². The Morgan fingerprint density at radius 1 is 0.828 bits per heavy atom. The van der Waals surface area contributed by atoms with Crippen LogP contribution in [-0.2, 0) is 42.8 Å². The molecule has 0 radical (unpaired) electrons. The van der Waals surface area contributed by atoms with Gasteiger partial charge in [0.25, 0.3) is 5.92 Å². The predicted molar refractivity (Wildman–Crippen MR) is 361 cm³/mol. The molecule has 4 aromatic carbocycles. The van der Waals surface area contributed by atoms with Gasteiger partial charge in [-0.3, -0.25) is 19.2 Å². The third-order valence-electron chi connectivity index (χ3n) is 15.1. The number of hydrogen-bond acceptors (Lipinski definition) is 10. The number of carbonyl (C=O) groups is 4. The Labute approximate surface area is 531 Å². The van der Waals surface area contributed by atoms with Crippen LogP contribution in [0, 0.1) is 49.4 Å². The number of amides is 3. The minimum Gasteiger partial charge on any atom is -0.391 e. The molecule has 3 N–H and O–H groups in total. The van der Waals surface area contributed by atoms with Gasteiger partial charge in [-0.2, -0.15) is 5.26 Å². The van der Waals surface area contributed by atoms with Gasteiger partial charge < -0.3 is 25.4 Å². The van der Waals surface area contributed by atoms with Crippen LogP contribution in [0.5, 0.6) is 0 Å². The van der Waals surface area contributed by atoms with Crippen molar-refractivity contribution in [2.75, 3.05) is 13.2 Å². The summed E-state index contributed by atoms with van der Waals surface area (Å²) in [5.41, 5.74) is 10.5. The molecular weight excluding hydrogens is 1130 g/mol. The van der Waals surface area contributed by atoms with Crippen LogP contribution in [-0.4, -0.2) is 81.3 Å². The van der Waals surface area contributed by atoms with Crippen LogP contribution in [0.15, 0.2) is 96.5 Å². The number of aliphatic hydroxyl groups excluding tert-OH is 1. The number of rotatable bonds is 24. The maximum absolute atomic E-state index is 13.3. The topological polar surface area (TPSA) is 162 Å². The number of benzene rings is 4. The molecule has 3 amide bonds. The zero-order valence-corrected chi connectivity index (χ0v) is 57.2. The zero-order chi connectivity index (χ0) is 65.9.